The summed E-state index contributed by atoms with van der Waals surface area (Å²) in [6, 6.07) is 14.0. The molecule has 3 rings (SSSR count). The molecule has 0 radical (unpaired) electrons. The number of rotatable bonds is 4. The summed E-state index contributed by atoms with van der Waals surface area (Å²) < 4.78 is 0. The molecule has 0 atom stereocenters. The predicted octanol–water partition coefficient (Wildman–Crippen LogP) is 3.88. The minimum Gasteiger partial charge on any atom is -0.371 e. The molecule has 0 unspecified atom stereocenters. The second-order valence-corrected chi connectivity index (χ2v) is 5.68. The van der Waals surface area contributed by atoms with Crippen LogP contribution in [-0.2, 0) is 12.8 Å². The first-order valence-electron chi connectivity index (χ1n) is 7.99. The van der Waals surface area contributed by atoms with E-state index in [0.717, 1.165) is 31.6 Å². The van der Waals surface area contributed by atoms with Crippen molar-refractivity contribution < 1.29 is 4.79 Å². The molecule has 1 aliphatic rings. The fraction of sp³-hybridized carbons (Fsp3) is 0.316. The maximum absolute atomic E-state index is 12.3. The number of fused-ring (bicyclic) bond motifs is 1. The zero-order chi connectivity index (χ0) is 15.5. The molecule has 3 nitrogen and oxygen atoms in total. The lowest BCUT2D eigenvalue weighted by Crippen LogP contribution is -2.19. The lowest BCUT2D eigenvalue weighted by atomic mass is 10.1. The topological polar surface area (TPSA) is 32.3 Å². The van der Waals surface area contributed by atoms with E-state index in [-0.39, 0.29) is 5.91 Å². The van der Waals surface area contributed by atoms with Gasteiger partial charge in [-0.3, -0.25) is 4.79 Å². The van der Waals surface area contributed by atoms with Crippen molar-refractivity contribution in [2.75, 3.05) is 23.3 Å². The summed E-state index contributed by atoms with van der Waals surface area (Å²) in [6.45, 7) is 6.35. The number of amides is 1. The molecule has 0 fully saturated rings. The quantitative estimate of drug-likeness (QED) is 0.928. The van der Waals surface area contributed by atoms with Crippen molar-refractivity contribution in [1.29, 1.82) is 0 Å². The van der Waals surface area contributed by atoms with Crippen LogP contribution in [0.15, 0.2) is 42.5 Å². The third-order valence-corrected chi connectivity index (χ3v) is 4.34. The van der Waals surface area contributed by atoms with Gasteiger partial charge in [-0.2, -0.15) is 0 Å². The number of hydrogen-bond acceptors (Lipinski definition) is 2. The monoisotopic (exact) mass is 294 g/mol. The number of nitrogens with zero attached hydrogens (tertiary/aromatic N) is 1. The van der Waals surface area contributed by atoms with Crippen LogP contribution >= 0.6 is 0 Å². The van der Waals surface area contributed by atoms with Crippen molar-refractivity contribution in [1.82, 2.24) is 0 Å². The Morgan fingerprint density at radius 1 is 1.14 bits per heavy atom. The number of carbonyl (C=O) groups excluding carboxylic acids is 1. The highest BCUT2D eigenvalue weighted by atomic mass is 16.1. The molecule has 22 heavy (non-hydrogen) atoms. The number of likely N-dealkylation sites (N-methyl/N-ethyl adjacent to an activating group) is 1. The Kier molecular flexibility index (Phi) is 4.14. The van der Waals surface area contributed by atoms with Gasteiger partial charge in [0.15, 0.2) is 0 Å². The maximum atomic E-state index is 12.3. The SMILES string of the molecule is CCc1ccc(C(=O)Nc2ccc3c(c2)N(CC)CC3)cc1. The second-order valence-electron chi connectivity index (χ2n) is 5.68. The molecule has 2 aromatic rings. The summed E-state index contributed by atoms with van der Waals surface area (Å²) in [5, 5.41) is 3.00. The maximum Gasteiger partial charge on any atom is 0.255 e. The van der Waals surface area contributed by atoms with Gasteiger partial charge in [0.05, 0.1) is 0 Å². The highest BCUT2D eigenvalue weighted by Gasteiger charge is 2.18. The minimum absolute atomic E-state index is 0.0522. The van der Waals surface area contributed by atoms with Crippen LogP contribution in [0, 0.1) is 0 Å². The number of hydrogen-bond donors (Lipinski definition) is 1. The Balaban J connectivity index is 1.76. The van der Waals surface area contributed by atoms with E-state index < -0.39 is 0 Å². The van der Waals surface area contributed by atoms with E-state index in [0.29, 0.717) is 5.56 Å². The van der Waals surface area contributed by atoms with Crippen LogP contribution in [0.2, 0.25) is 0 Å². The van der Waals surface area contributed by atoms with E-state index in [4.69, 9.17) is 0 Å². The third-order valence-electron chi connectivity index (χ3n) is 4.34. The molecule has 0 saturated carbocycles. The fourth-order valence-electron chi connectivity index (χ4n) is 2.95. The molecule has 1 amide bonds. The van der Waals surface area contributed by atoms with Crippen molar-refractivity contribution in [2.45, 2.75) is 26.7 Å². The van der Waals surface area contributed by atoms with E-state index in [2.05, 4.69) is 36.2 Å². The highest BCUT2D eigenvalue weighted by Crippen LogP contribution is 2.30. The Bertz CT molecular complexity index is 676. The second kappa shape index (κ2) is 6.22. The number of benzene rings is 2. The summed E-state index contributed by atoms with van der Waals surface area (Å²) in [4.78, 5) is 14.7. The van der Waals surface area contributed by atoms with Gasteiger partial charge in [0.1, 0.15) is 0 Å². The molecule has 3 heteroatoms. The molecule has 0 aliphatic carbocycles. The number of carbonyl (C=O) groups is 1. The zero-order valence-electron chi connectivity index (χ0n) is 13.2. The Morgan fingerprint density at radius 3 is 2.59 bits per heavy atom. The summed E-state index contributed by atoms with van der Waals surface area (Å²) in [5.41, 5.74) is 5.43. The van der Waals surface area contributed by atoms with Gasteiger partial charge in [0.2, 0.25) is 0 Å². The van der Waals surface area contributed by atoms with E-state index in [1.807, 2.05) is 30.3 Å². The first-order chi connectivity index (χ1) is 10.7. The van der Waals surface area contributed by atoms with Crippen LogP contribution < -0.4 is 10.2 Å². The van der Waals surface area contributed by atoms with Crippen molar-refractivity contribution in [3.05, 3.63) is 59.2 Å². The largest absolute Gasteiger partial charge is 0.371 e. The summed E-state index contributed by atoms with van der Waals surface area (Å²) in [7, 11) is 0. The molecular formula is C19H22N2O. The predicted molar refractivity (Wildman–Crippen MR) is 91.8 cm³/mol. The van der Waals surface area contributed by atoms with Crippen LogP contribution in [0.25, 0.3) is 0 Å². The van der Waals surface area contributed by atoms with Gasteiger partial charge in [-0.15, -0.1) is 0 Å². The molecule has 114 valence electrons. The average molecular weight is 294 g/mol. The fourth-order valence-corrected chi connectivity index (χ4v) is 2.95. The molecule has 1 aliphatic heterocycles. The first-order valence-corrected chi connectivity index (χ1v) is 7.99. The molecule has 1 heterocycles. The first kappa shape index (κ1) is 14.6. The Hall–Kier alpha value is -2.29. The summed E-state index contributed by atoms with van der Waals surface area (Å²) in [6.07, 6.45) is 2.08. The van der Waals surface area contributed by atoms with Crippen molar-refractivity contribution in [2.24, 2.45) is 0 Å². The summed E-state index contributed by atoms with van der Waals surface area (Å²) in [5.74, 6) is -0.0522. The van der Waals surface area contributed by atoms with E-state index >= 15 is 0 Å². The zero-order valence-corrected chi connectivity index (χ0v) is 13.2. The Labute approximate surface area is 132 Å². The van der Waals surface area contributed by atoms with Crippen LogP contribution in [0.5, 0.6) is 0 Å². The lowest BCUT2D eigenvalue weighted by molar-refractivity contribution is 0.102. The standard InChI is InChI=1S/C19H22N2O/c1-3-14-5-7-16(8-6-14)19(22)20-17-10-9-15-11-12-21(4-2)18(15)13-17/h5-10,13H,3-4,11-12H2,1-2H3,(H,20,22). The van der Waals surface area contributed by atoms with Crippen LogP contribution in [0.3, 0.4) is 0 Å². The Morgan fingerprint density at radius 2 is 1.91 bits per heavy atom. The molecule has 2 aromatic carbocycles. The van der Waals surface area contributed by atoms with Crippen LogP contribution in [0.1, 0.15) is 35.3 Å². The van der Waals surface area contributed by atoms with Gasteiger partial charge in [0.25, 0.3) is 5.91 Å². The van der Waals surface area contributed by atoms with E-state index in [1.54, 1.807) is 0 Å². The minimum atomic E-state index is -0.0522. The highest BCUT2D eigenvalue weighted by molar-refractivity contribution is 6.04. The van der Waals surface area contributed by atoms with Gasteiger partial charge < -0.3 is 10.2 Å². The third kappa shape index (κ3) is 2.84. The summed E-state index contributed by atoms with van der Waals surface area (Å²) >= 11 is 0. The molecule has 0 aromatic heterocycles. The number of nitrogens with one attached hydrogen (secondary N) is 1. The van der Waals surface area contributed by atoms with Crippen LogP contribution in [-0.4, -0.2) is 19.0 Å². The number of anilines is 2. The van der Waals surface area contributed by atoms with Gasteiger partial charge >= 0.3 is 0 Å². The molecule has 0 saturated heterocycles. The van der Waals surface area contributed by atoms with Gasteiger partial charge in [0, 0.05) is 30.0 Å². The van der Waals surface area contributed by atoms with Gasteiger partial charge in [-0.25, -0.2) is 0 Å². The molecular weight excluding hydrogens is 272 g/mol. The van der Waals surface area contributed by atoms with E-state index in [1.165, 1.54) is 16.8 Å². The molecule has 1 N–H and O–H groups in total. The average Bonchev–Trinajstić information content (AvgIpc) is 2.97. The van der Waals surface area contributed by atoms with Gasteiger partial charge in [-0.1, -0.05) is 25.1 Å². The normalized spacial score (nSPS) is 13.1. The van der Waals surface area contributed by atoms with Crippen molar-refractivity contribution in [3.8, 4) is 0 Å². The van der Waals surface area contributed by atoms with E-state index in [9.17, 15) is 4.79 Å². The molecule has 0 bridgehead atoms. The molecule has 0 spiro atoms. The smallest absolute Gasteiger partial charge is 0.255 e. The van der Waals surface area contributed by atoms with Crippen molar-refractivity contribution in [3.63, 3.8) is 0 Å². The van der Waals surface area contributed by atoms with Crippen LogP contribution in [0.4, 0.5) is 11.4 Å². The number of aryl methyl sites for hydroxylation is 1. The lowest BCUT2D eigenvalue weighted by Gasteiger charge is -2.17. The van der Waals surface area contributed by atoms with Gasteiger partial charge in [-0.05, 0) is 55.2 Å². The van der Waals surface area contributed by atoms with Crippen molar-refractivity contribution >= 4 is 17.3 Å².